The van der Waals surface area contributed by atoms with Gasteiger partial charge in [-0.05, 0) is 19.8 Å². The second-order valence-electron chi connectivity index (χ2n) is 5.12. The molecule has 0 saturated carbocycles. The fraction of sp³-hybridized carbons (Fsp3) is 0.846. The van der Waals surface area contributed by atoms with Crippen molar-refractivity contribution < 1.29 is 9.59 Å². The van der Waals surface area contributed by atoms with Crippen LogP contribution in [0.3, 0.4) is 0 Å². The second kappa shape index (κ2) is 6.50. The molecule has 2 heterocycles. The van der Waals surface area contributed by atoms with E-state index in [4.69, 9.17) is 0 Å². The second-order valence-corrected chi connectivity index (χ2v) is 6.40. The molecule has 108 valence electrons. The van der Waals surface area contributed by atoms with E-state index in [1.165, 1.54) is 0 Å². The van der Waals surface area contributed by atoms with Crippen LogP contribution in [0.4, 0.5) is 4.79 Å². The van der Waals surface area contributed by atoms with Crippen LogP contribution in [-0.4, -0.2) is 53.5 Å². The van der Waals surface area contributed by atoms with Gasteiger partial charge in [-0.1, -0.05) is 6.42 Å². The maximum Gasteiger partial charge on any atom is 0.318 e. The first-order valence-corrected chi connectivity index (χ1v) is 8.11. The summed E-state index contributed by atoms with van der Waals surface area (Å²) in [7, 11) is 1.68. The molecule has 0 aliphatic carbocycles. The van der Waals surface area contributed by atoms with Crippen molar-refractivity contribution in [2.75, 3.05) is 19.3 Å². The van der Waals surface area contributed by atoms with E-state index in [1.54, 1.807) is 7.05 Å². The van der Waals surface area contributed by atoms with E-state index < -0.39 is 0 Å². The van der Waals surface area contributed by atoms with Crippen molar-refractivity contribution in [2.45, 2.75) is 49.9 Å². The van der Waals surface area contributed by atoms with Crippen molar-refractivity contribution in [1.82, 2.24) is 15.5 Å². The Labute approximate surface area is 118 Å². The number of thioether (sulfide) groups is 1. The van der Waals surface area contributed by atoms with Crippen molar-refractivity contribution in [3.8, 4) is 0 Å². The number of unbranched alkanes of at least 4 members (excludes halogenated alkanes) is 1. The van der Waals surface area contributed by atoms with Crippen LogP contribution in [0.5, 0.6) is 0 Å². The zero-order valence-corrected chi connectivity index (χ0v) is 12.5. The molecule has 0 spiro atoms. The molecule has 0 radical (unpaired) electrons. The smallest absolute Gasteiger partial charge is 0.318 e. The Morgan fingerprint density at radius 1 is 1.53 bits per heavy atom. The molecule has 0 aromatic rings. The first-order valence-electron chi connectivity index (χ1n) is 7.06. The van der Waals surface area contributed by atoms with Crippen LogP contribution in [-0.2, 0) is 4.79 Å². The predicted octanol–water partition coefficient (Wildman–Crippen LogP) is 1.19. The molecular weight excluding hydrogens is 262 g/mol. The Kier molecular flexibility index (Phi) is 4.96. The Hall–Kier alpha value is -0.910. The van der Waals surface area contributed by atoms with Crippen LogP contribution in [0.1, 0.15) is 32.6 Å². The fourth-order valence-corrected chi connectivity index (χ4v) is 4.57. The standard InChI is InChI=1S/C13H23N3O2S/c1-3-16-12-9(15-13(16)18)8-19-10(12)6-4-5-7-11(17)14-2/h9-10,12H,3-8H2,1-2H3,(H,14,17)(H,15,18)/t9-,10-,12-/m0/s1. The fourth-order valence-electron chi connectivity index (χ4n) is 2.97. The van der Waals surface area contributed by atoms with Gasteiger partial charge in [0, 0.05) is 31.0 Å². The summed E-state index contributed by atoms with van der Waals surface area (Å²) in [5.74, 6) is 1.14. The van der Waals surface area contributed by atoms with E-state index in [2.05, 4.69) is 10.6 Å². The minimum Gasteiger partial charge on any atom is -0.359 e. The van der Waals surface area contributed by atoms with E-state index in [0.29, 0.717) is 23.8 Å². The summed E-state index contributed by atoms with van der Waals surface area (Å²) in [6, 6.07) is 0.761. The molecule has 2 aliphatic heterocycles. The van der Waals surface area contributed by atoms with E-state index in [0.717, 1.165) is 31.6 Å². The number of rotatable bonds is 6. The summed E-state index contributed by atoms with van der Waals surface area (Å²) in [5.41, 5.74) is 0. The van der Waals surface area contributed by atoms with Gasteiger partial charge in [-0.2, -0.15) is 11.8 Å². The highest BCUT2D eigenvalue weighted by molar-refractivity contribution is 8.00. The van der Waals surface area contributed by atoms with Gasteiger partial charge in [-0.3, -0.25) is 4.79 Å². The van der Waals surface area contributed by atoms with Gasteiger partial charge in [-0.15, -0.1) is 0 Å². The molecule has 3 amide bonds. The van der Waals surface area contributed by atoms with Crippen LogP contribution in [0.15, 0.2) is 0 Å². The highest BCUT2D eigenvalue weighted by Crippen LogP contribution is 2.37. The van der Waals surface area contributed by atoms with E-state index in [9.17, 15) is 9.59 Å². The first kappa shape index (κ1) is 14.5. The number of likely N-dealkylation sites (N-methyl/N-ethyl adjacent to an activating group) is 1. The number of urea groups is 1. The normalized spacial score (nSPS) is 29.3. The zero-order valence-electron chi connectivity index (χ0n) is 11.6. The maximum absolute atomic E-state index is 11.8. The lowest BCUT2D eigenvalue weighted by molar-refractivity contribution is -0.120. The SMILES string of the molecule is CCN1C(=O)N[C@H]2CS[C@@H](CCCCC(=O)NC)[C@H]21. The Balaban J connectivity index is 1.78. The summed E-state index contributed by atoms with van der Waals surface area (Å²) in [5, 5.41) is 6.23. The van der Waals surface area contributed by atoms with Crippen LogP contribution in [0.2, 0.25) is 0 Å². The maximum atomic E-state index is 11.8. The Bertz CT molecular complexity index is 351. The number of amides is 3. The van der Waals surface area contributed by atoms with Gasteiger partial charge in [0.15, 0.2) is 0 Å². The molecule has 0 unspecified atom stereocenters. The van der Waals surface area contributed by atoms with Crippen molar-refractivity contribution in [1.29, 1.82) is 0 Å². The van der Waals surface area contributed by atoms with Crippen molar-refractivity contribution in [3.63, 3.8) is 0 Å². The Morgan fingerprint density at radius 3 is 3.00 bits per heavy atom. The number of carbonyl (C=O) groups excluding carboxylic acids is 2. The predicted molar refractivity (Wildman–Crippen MR) is 77.3 cm³/mol. The monoisotopic (exact) mass is 285 g/mol. The highest BCUT2D eigenvalue weighted by Gasteiger charge is 2.47. The molecule has 2 saturated heterocycles. The third kappa shape index (κ3) is 3.16. The van der Waals surface area contributed by atoms with E-state index >= 15 is 0 Å². The number of carbonyl (C=O) groups is 2. The largest absolute Gasteiger partial charge is 0.359 e. The average Bonchev–Trinajstić information content (AvgIpc) is 2.92. The number of nitrogens with zero attached hydrogens (tertiary/aromatic N) is 1. The zero-order chi connectivity index (χ0) is 13.8. The summed E-state index contributed by atoms with van der Waals surface area (Å²) < 4.78 is 0. The molecule has 3 atom stereocenters. The van der Waals surface area contributed by atoms with Crippen LogP contribution < -0.4 is 10.6 Å². The first-order chi connectivity index (χ1) is 9.17. The van der Waals surface area contributed by atoms with Gasteiger partial charge in [0.2, 0.25) is 5.91 Å². The van der Waals surface area contributed by atoms with E-state index in [-0.39, 0.29) is 11.9 Å². The van der Waals surface area contributed by atoms with Gasteiger partial charge in [0.05, 0.1) is 12.1 Å². The minimum atomic E-state index is 0.0909. The molecule has 19 heavy (non-hydrogen) atoms. The third-order valence-electron chi connectivity index (χ3n) is 3.97. The summed E-state index contributed by atoms with van der Waals surface area (Å²) in [6.45, 7) is 2.82. The molecular formula is C13H23N3O2S. The molecule has 2 rings (SSSR count). The van der Waals surface area contributed by atoms with Crippen LogP contribution >= 0.6 is 11.8 Å². The van der Waals surface area contributed by atoms with Gasteiger partial charge in [0.1, 0.15) is 0 Å². The number of nitrogens with one attached hydrogen (secondary N) is 2. The summed E-state index contributed by atoms with van der Waals surface area (Å²) in [6.07, 6.45) is 3.69. The average molecular weight is 285 g/mol. The molecule has 6 heteroatoms. The van der Waals surface area contributed by atoms with Gasteiger partial charge in [-0.25, -0.2) is 4.79 Å². The minimum absolute atomic E-state index is 0.0909. The Morgan fingerprint density at radius 2 is 2.32 bits per heavy atom. The van der Waals surface area contributed by atoms with Crippen LogP contribution in [0, 0.1) is 0 Å². The van der Waals surface area contributed by atoms with Crippen LogP contribution in [0.25, 0.3) is 0 Å². The van der Waals surface area contributed by atoms with Crippen molar-refractivity contribution in [3.05, 3.63) is 0 Å². The number of fused-ring (bicyclic) bond motifs is 1. The van der Waals surface area contributed by atoms with Crippen molar-refractivity contribution in [2.24, 2.45) is 0 Å². The molecule has 2 fully saturated rings. The summed E-state index contributed by atoms with van der Waals surface area (Å²) in [4.78, 5) is 24.9. The van der Waals surface area contributed by atoms with Crippen molar-refractivity contribution >= 4 is 23.7 Å². The molecule has 0 aromatic carbocycles. The number of hydrogen-bond acceptors (Lipinski definition) is 3. The molecule has 0 aromatic heterocycles. The third-order valence-corrected chi connectivity index (χ3v) is 5.47. The molecule has 0 bridgehead atoms. The summed E-state index contributed by atoms with van der Waals surface area (Å²) >= 11 is 1.96. The molecule has 5 nitrogen and oxygen atoms in total. The lowest BCUT2D eigenvalue weighted by Crippen LogP contribution is -2.40. The lowest BCUT2D eigenvalue weighted by atomic mass is 10.0. The highest BCUT2D eigenvalue weighted by atomic mass is 32.2. The van der Waals surface area contributed by atoms with Gasteiger partial charge >= 0.3 is 6.03 Å². The molecule has 2 aliphatic rings. The lowest BCUT2D eigenvalue weighted by Gasteiger charge is -2.26. The van der Waals surface area contributed by atoms with Gasteiger partial charge in [0.25, 0.3) is 0 Å². The van der Waals surface area contributed by atoms with Gasteiger partial charge < -0.3 is 15.5 Å². The van der Waals surface area contributed by atoms with E-state index in [1.807, 2.05) is 23.6 Å². The quantitative estimate of drug-likeness (QED) is 0.569. The number of hydrogen-bond donors (Lipinski definition) is 2. The topological polar surface area (TPSA) is 61.4 Å². The molecule has 2 N–H and O–H groups in total.